The van der Waals surface area contributed by atoms with E-state index in [1.807, 2.05) is 0 Å². The van der Waals surface area contributed by atoms with Gasteiger partial charge in [-0.25, -0.2) is 0 Å². The molecule has 0 bridgehead atoms. The van der Waals surface area contributed by atoms with Crippen molar-refractivity contribution in [3.63, 3.8) is 0 Å². The summed E-state index contributed by atoms with van der Waals surface area (Å²) in [7, 11) is 6.55. The zero-order valence-electron chi connectivity index (χ0n) is 15.8. The second kappa shape index (κ2) is 8.94. The first-order chi connectivity index (χ1) is 12.6. The molecule has 0 amide bonds. The monoisotopic (exact) mass is 531 g/mol. The fourth-order valence-electron chi connectivity index (χ4n) is 3.37. The molecular weight excluding hydrogens is 503 g/mol. The van der Waals surface area contributed by atoms with Gasteiger partial charge in [0.25, 0.3) is 0 Å². The third-order valence-electron chi connectivity index (χ3n) is 4.75. The van der Waals surface area contributed by atoms with E-state index in [0.29, 0.717) is 0 Å². The molecule has 142 valence electrons. The molecule has 0 saturated heterocycles. The van der Waals surface area contributed by atoms with Crippen LogP contribution in [0.2, 0.25) is 0 Å². The summed E-state index contributed by atoms with van der Waals surface area (Å²) in [5.41, 5.74) is 3.96. The van der Waals surface area contributed by atoms with Crippen molar-refractivity contribution in [1.29, 1.82) is 0 Å². The maximum atomic E-state index is 2.42. The molecule has 1 aromatic heterocycles. The van der Waals surface area contributed by atoms with Crippen LogP contribution in [-0.4, -0.2) is 46.1 Å². The SMILES string of the molecule is CN(CCCN(C)Cn1[c](=[Pt])n(C)c2ccccc21)Cc1ccccc1. The molecule has 5 heteroatoms. The van der Waals surface area contributed by atoms with Crippen LogP contribution in [0.15, 0.2) is 54.6 Å². The molecule has 1 heterocycles. The van der Waals surface area contributed by atoms with Crippen LogP contribution in [0.1, 0.15) is 12.0 Å². The van der Waals surface area contributed by atoms with E-state index in [-0.39, 0.29) is 0 Å². The normalized spacial score (nSPS) is 11.8. The molecule has 0 aliphatic carbocycles. The van der Waals surface area contributed by atoms with E-state index in [0.717, 1.165) is 26.3 Å². The van der Waals surface area contributed by atoms with Gasteiger partial charge in [-0.3, -0.25) is 0 Å². The van der Waals surface area contributed by atoms with Crippen LogP contribution < -0.4 is 0 Å². The van der Waals surface area contributed by atoms with Gasteiger partial charge in [0.15, 0.2) is 0 Å². The molecule has 3 aromatic rings. The molecule has 0 fully saturated rings. The van der Waals surface area contributed by atoms with Crippen molar-refractivity contribution in [3.8, 4) is 0 Å². The number of benzene rings is 2. The summed E-state index contributed by atoms with van der Waals surface area (Å²) in [6.07, 6.45) is 1.17. The number of fused-ring (bicyclic) bond motifs is 1. The van der Waals surface area contributed by atoms with E-state index in [1.165, 1.54) is 26.8 Å². The summed E-state index contributed by atoms with van der Waals surface area (Å²) in [5, 5.41) is 0. The van der Waals surface area contributed by atoms with E-state index in [9.17, 15) is 0 Å². The summed E-state index contributed by atoms with van der Waals surface area (Å²) >= 11 is 2.42. The van der Waals surface area contributed by atoms with Gasteiger partial charge < -0.3 is 0 Å². The van der Waals surface area contributed by atoms with Crippen LogP contribution in [0.3, 0.4) is 0 Å². The first kappa shape index (κ1) is 19.3. The van der Waals surface area contributed by atoms with Gasteiger partial charge in [0.1, 0.15) is 0 Å². The number of hydrogen-bond donors (Lipinski definition) is 0. The van der Waals surface area contributed by atoms with Gasteiger partial charge in [0.05, 0.1) is 0 Å². The van der Waals surface area contributed by atoms with Gasteiger partial charge >= 0.3 is 161 Å². The van der Waals surface area contributed by atoms with Crippen molar-refractivity contribution < 1.29 is 19.4 Å². The number of hydrogen-bond acceptors (Lipinski definition) is 2. The molecule has 4 nitrogen and oxygen atoms in total. The minimum absolute atomic E-state index is 0.919. The summed E-state index contributed by atoms with van der Waals surface area (Å²) < 4.78 is 5.92. The zero-order chi connectivity index (χ0) is 18.5. The van der Waals surface area contributed by atoms with Crippen molar-refractivity contribution >= 4 is 11.0 Å². The minimum atomic E-state index is 0.919. The van der Waals surface area contributed by atoms with E-state index in [2.05, 4.69) is 114 Å². The van der Waals surface area contributed by atoms with Crippen LogP contribution in [0.5, 0.6) is 0 Å². The van der Waals surface area contributed by atoms with E-state index in [4.69, 9.17) is 0 Å². The summed E-state index contributed by atoms with van der Waals surface area (Å²) in [4.78, 5) is 4.81. The van der Waals surface area contributed by atoms with E-state index in [1.54, 1.807) is 0 Å². The van der Waals surface area contributed by atoms with Crippen LogP contribution in [0.4, 0.5) is 0 Å². The Bertz CT molecular complexity index is 897. The van der Waals surface area contributed by atoms with Crippen molar-refractivity contribution in [2.75, 3.05) is 27.2 Å². The Morgan fingerprint density at radius 2 is 1.46 bits per heavy atom. The molecule has 2 aromatic carbocycles. The standard InChI is InChI=1S/C21H28N4.Pt/c1-22(16-19-10-5-4-6-11-19)14-9-15-23(2)17-25-18-24(3)20-12-7-8-13-21(20)25;/h4-8,10-13H,9,14-17H2,1-3H3;. The molecule has 3 rings (SSSR count). The van der Waals surface area contributed by atoms with Crippen LogP contribution in [0.25, 0.3) is 11.0 Å². The number of imidazole rings is 1. The van der Waals surface area contributed by atoms with Gasteiger partial charge in [-0.05, 0) is 0 Å². The second-order valence-corrected chi connectivity index (χ2v) is 8.03. The van der Waals surface area contributed by atoms with Crippen molar-refractivity contribution in [1.82, 2.24) is 18.9 Å². The van der Waals surface area contributed by atoms with Crippen molar-refractivity contribution in [2.24, 2.45) is 7.05 Å². The number of nitrogens with zero attached hydrogens (tertiary/aromatic N) is 4. The molecule has 0 aliphatic heterocycles. The van der Waals surface area contributed by atoms with Crippen LogP contribution in [0, 0.1) is 3.80 Å². The summed E-state index contributed by atoms with van der Waals surface area (Å²) in [6, 6.07) is 19.3. The van der Waals surface area contributed by atoms with Gasteiger partial charge in [-0.15, -0.1) is 0 Å². The quantitative estimate of drug-likeness (QED) is 0.443. The summed E-state index contributed by atoms with van der Waals surface area (Å²) in [6.45, 7) is 4.13. The van der Waals surface area contributed by atoms with Gasteiger partial charge in [0, 0.05) is 0 Å². The third-order valence-corrected chi connectivity index (χ3v) is 6.13. The average Bonchev–Trinajstić information content (AvgIpc) is 2.88. The fraction of sp³-hybridized carbons (Fsp3) is 0.381. The first-order valence-electron chi connectivity index (χ1n) is 9.07. The molecule has 0 atom stereocenters. The zero-order valence-corrected chi connectivity index (χ0v) is 18.1. The molecule has 0 radical (unpaired) electrons. The fourth-order valence-corrected chi connectivity index (χ4v) is 4.08. The predicted octanol–water partition coefficient (Wildman–Crippen LogP) is 3.47. The van der Waals surface area contributed by atoms with Gasteiger partial charge in [-0.2, -0.15) is 0 Å². The predicted molar refractivity (Wildman–Crippen MR) is 104 cm³/mol. The average molecular weight is 532 g/mol. The van der Waals surface area contributed by atoms with Crippen molar-refractivity contribution in [3.05, 3.63) is 64.0 Å². The maximum absolute atomic E-state index is 2.42. The summed E-state index contributed by atoms with van der Waals surface area (Å²) in [5.74, 6) is 0. The number of para-hydroxylation sites is 2. The van der Waals surface area contributed by atoms with Gasteiger partial charge in [0.2, 0.25) is 0 Å². The Balaban J connectivity index is 1.53. The van der Waals surface area contributed by atoms with Crippen LogP contribution in [-0.2, 0) is 39.6 Å². The van der Waals surface area contributed by atoms with Gasteiger partial charge in [-0.1, -0.05) is 6.07 Å². The Labute approximate surface area is 167 Å². The van der Waals surface area contributed by atoms with E-state index < -0.39 is 0 Å². The first-order valence-corrected chi connectivity index (χ1v) is 10.2. The molecular formula is C21H28N4Pt. The molecule has 0 saturated carbocycles. The Kier molecular flexibility index (Phi) is 6.63. The number of rotatable bonds is 8. The molecule has 0 N–H and O–H groups in total. The Hall–Kier alpha value is -1.48. The van der Waals surface area contributed by atoms with Crippen LogP contribution >= 0.6 is 0 Å². The topological polar surface area (TPSA) is 16.3 Å². The molecule has 0 unspecified atom stereocenters. The Morgan fingerprint density at radius 3 is 2.19 bits per heavy atom. The number of aromatic nitrogens is 2. The Morgan fingerprint density at radius 1 is 0.846 bits per heavy atom. The second-order valence-electron chi connectivity index (χ2n) is 7.02. The molecule has 0 spiro atoms. The molecule has 26 heavy (non-hydrogen) atoms. The third kappa shape index (κ3) is 4.62. The van der Waals surface area contributed by atoms with Crippen molar-refractivity contribution in [2.45, 2.75) is 19.6 Å². The van der Waals surface area contributed by atoms with E-state index >= 15 is 0 Å². The molecule has 0 aliphatic rings. The number of aryl methyl sites for hydroxylation is 1.